The van der Waals surface area contributed by atoms with E-state index in [1.165, 1.54) is 37.7 Å². The lowest BCUT2D eigenvalue weighted by Gasteiger charge is -2.29. The van der Waals surface area contributed by atoms with Crippen LogP contribution in [-0.4, -0.2) is 35.2 Å². The van der Waals surface area contributed by atoms with Gasteiger partial charge in [-0.15, -0.1) is 0 Å². The third-order valence-electron chi connectivity index (χ3n) is 5.83. The van der Waals surface area contributed by atoms with Crippen LogP contribution in [0.4, 0.5) is 0 Å². The normalized spacial score (nSPS) is 19.1. The number of piperidine rings is 1. The minimum Gasteiger partial charge on any atom is -0.330 e. The standard InChI is InChI=1S/C22H31N3O3/c23-14-7-5-3-1-2-4-6-9-16-10-8-11-17-18(16)15-25(22(17)28)19-12-13-20(26)24-21(19)27/h8,10-11,19H,1-7,9,12-15,23H2,(H,24,26,27). The summed E-state index contributed by atoms with van der Waals surface area (Å²) in [4.78, 5) is 38.0. The van der Waals surface area contributed by atoms with E-state index in [1.54, 1.807) is 4.90 Å². The number of imide groups is 1. The van der Waals surface area contributed by atoms with Crippen molar-refractivity contribution in [2.45, 2.75) is 76.8 Å². The van der Waals surface area contributed by atoms with Crippen LogP contribution < -0.4 is 11.1 Å². The molecule has 2 heterocycles. The van der Waals surface area contributed by atoms with Crippen LogP contribution in [0.2, 0.25) is 0 Å². The maximum Gasteiger partial charge on any atom is 0.255 e. The summed E-state index contributed by atoms with van der Waals surface area (Å²) < 4.78 is 0. The van der Waals surface area contributed by atoms with Gasteiger partial charge in [-0.05, 0) is 49.4 Å². The smallest absolute Gasteiger partial charge is 0.255 e. The molecule has 1 atom stereocenters. The summed E-state index contributed by atoms with van der Waals surface area (Å²) in [5, 5.41) is 2.36. The number of unbranched alkanes of at least 4 members (excludes halogenated alkanes) is 6. The fourth-order valence-corrected chi connectivity index (χ4v) is 4.23. The van der Waals surface area contributed by atoms with Gasteiger partial charge in [-0.25, -0.2) is 0 Å². The van der Waals surface area contributed by atoms with E-state index in [4.69, 9.17) is 5.73 Å². The van der Waals surface area contributed by atoms with Crippen LogP contribution in [0.1, 0.15) is 79.3 Å². The number of benzene rings is 1. The summed E-state index contributed by atoms with van der Waals surface area (Å²) in [7, 11) is 0. The van der Waals surface area contributed by atoms with E-state index in [9.17, 15) is 14.4 Å². The molecule has 3 rings (SSSR count). The molecule has 1 unspecified atom stereocenters. The van der Waals surface area contributed by atoms with E-state index < -0.39 is 6.04 Å². The Bertz CT molecular complexity index is 732. The fraction of sp³-hybridized carbons (Fsp3) is 0.591. The molecule has 6 heteroatoms. The molecule has 0 spiro atoms. The third kappa shape index (κ3) is 4.79. The number of hydrogen-bond acceptors (Lipinski definition) is 4. The highest BCUT2D eigenvalue weighted by Gasteiger charge is 2.39. The minimum absolute atomic E-state index is 0.0914. The second-order valence-electron chi connectivity index (χ2n) is 7.86. The van der Waals surface area contributed by atoms with Crippen LogP contribution in [-0.2, 0) is 22.6 Å². The fourth-order valence-electron chi connectivity index (χ4n) is 4.23. The lowest BCUT2D eigenvalue weighted by atomic mass is 9.98. The summed E-state index contributed by atoms with van der Waals surface area (Å²) in [5.74, 6) is -0.700. The SMILES string of the molecule is NCCCCCCCCCc1cccc2c1CN(C1CCC(=O)NC1=O)C2=O. The van der Waals surface area contributed by atoms with Gasteiger partial charge in [-0.3, -0.25) is 19.7 Å². The first kappa shape index (κ1) is 20.5. The van der Waals surface area contributed by atoms with Crippen LogP contribution >= 0.6 is 0 Å². The van der Waals surface area contributed by atoms with E-state index in [0.717, 1.165) is 31.4 Å². The third-order valence-corrected chi connectivity index (χ3v) is 5.83. The number of rotatable bonds is 10. The van der Waals surface area contributed by atoms with Gasteiger partial charge in [0.1, 0.15) is 6.04 Å². The summed E-state index contributed by atoms with van der Waals surface area (Å²) in [6.45, 7) is 1.25. The average molecular weight is 386 g/mol. The van der Waals surface area contributed by atoms with E-state index >= 15 is 0 Å². The Hall–Kier alpha value is -2.21. The summed E-state index contributed by atoms with van der Waals surface area (Å²) in [6.07, 6.45) is 10.1. The zero-order valence-corrected chi connectivity index (χ0v) is 16.5. The molecule has 2 aliphatic heterocycles. The van der Waals surface area contributed by atoms with Gasteiger partial charge in [-0.1, -0.05) is 44.2 Å². The van der Waals surface area contributed by atoms with Crippen molar-refractivity contribution in [2.75, 3.05) is 6.54 Å². The van der Waals surface area contributed by atoms with Gasteiger partial charge in [0.25, 0.3) is 5.91 Å². The number of amides is 3. The highest BCUT2D eigenvalue weighted by molar-refractivity contribution is 6.05. The van der Waals surface area contributed by atoms with Crippen molar-refractivity contribution >= 4 is 17.7 Å². The molecule has 0 aliphatic carbocycles. The molecule has 0 aromatic heterocycles. The van der Waals surface area contributed by atoms with Crippen molar-refractivity contribution in [3.63, 3.8) is 0 Å². The molecule has 6 nitrogen and oxygen atoms in total. The van der Waals surface area contributed by atoms with Gasteiger partial charge in [0, 0.05) is 18.5 Å². The van der Waals surface area contributed by atoms with E-state index in [2.05, 4.69) is 11.4 Å². The molecular formula is C22H31N3O3. The molecule has 0 saturated carbocycles. The number of fused-ring (bicyclic) bond motifs is 1. The second kappa shape index (κ2) is 9.82. The molecular weight excluding hydrogens is 354 g/mol. The van der Waals surface area contributed by atoms with E-state index in [1.807, 2.05) is 12.1 Å². The molecule has 1 saturated heterocycles. The van der Waals surface area contributed by atoms with Gasteiger partial charge >= 0.3 is 0 Å². The monoisotopic (exact) mass is 385 g/mol. The molecule has 1 aromatic carbocycles. The van der Waals surface area contributed by atoms with Crippen molar-refractivity contribution < 1.29 is 14.4 Å². The lowest BCUT2D eigenvalue weighted by Crippen LogP contribution is -2.52. The van der Waals surface area contributed by atoms with Crippen LogP contribution in [0.25, 0.3) is 0 Å². The summed E-state index contributed by atoms with van der Waals surface area (Å²) >= 11 is 0. The zero-order chi connectivity index (χ0) is 19.9. The van der Waals surface area contributed by atoms with Gasteiger partial charge < -0.3 is 10.6 Å². The number of nitrogens with one attached hydrogen (secondary N) is 1. The number of hydrogen-bond donors (Lipinski definition) is 2. The van der Waals surface area contributed by atoms with E-state index in [0.29, 0.717) is 18.5 Å². The zero-order valence-electron chi connectivity index (χ0n) is 16.5. The Balaban J connectivity index is 1.54. The van der Waals surface area contributed by atoms with Crippen molar-refractivity contribution in [1.82, 2.24) is 10.2 Å². The molecule has 1 fully saturated rings. The molecule has 2 aliphatic rings. The first-order valence-electron chi connectivity index (χ1n) is 10.6. The first-order valence-corrected chi connectivity index (χ1v) is 10.6. The van der Waals surface area contributed by atoms with Crippen LogP contribution in [0.15, 0.2) is 18.2 Å². The van der Waals surface area contributed by atoms with Crippen molar-refractivity contribution in [2.24, 2.45) is 5.73 Å². The Morgan fingerprint density at radius 1 is 1.00 bits per heavy atom. The Morgan fingerprint density at radius 2 is 1.71 bits per heavy atom. The molecule has 28 heavy (non-hydrogen) atoms. The molecule has 3 amide bonds. The Kier molecular flexibility index (Phi) is 7.20. The molecule has 1 aromatic rings. The topological polar surface area (TPSA) is 92.5 Å². The number of carbonyl (C=O) groups is 3. The number of nitrogens with two attached hydrogens (primary N) is 1. The molecule has 3 N–H and O–H groups in total. The molecule has 0 bridgehead atoms. The quantitative estimate of drug-likeness (QED) is 0.478. The van der Waals surface area contributed by atoms with Crippen LogP contribution in [0.3, 0.4) is 0 Å². The first-order chi connectivity index (χ1) is 13.6. The maximum absolute atomic E-state index is 12.8. The minimum atomic E-state index is -0.543. The van der Waals surface area contributed by atoms with Gasteiger partial charge in [0.2, 0.25) is 11.8 Å². The number of nitrogens with zero attached hydrogens (tertiary/aromatic N) is 1. The average Bonchev–Trinajstić information content (AvgIpc) is 3.01. The Morgan fingerprint density at radius 3 is 2.43 bits per heavy atom. The van der Waals surface area contributed by atoms with E-state index in [-0.39, 0.29) is 24.1 Å². The van der Waals surface area contributed by atoms with Crippen LogP contribution in [0.5, 0.6) is 0 Å². The highest BCUT2D eigenvalue weighted by atomic mass is 16.2. The Labute approximate surface area is 166 Å². The lowest BCUT2D eigenvalue weighted by molar-refractivity contribution is -0.136. The van der Waals surface area contributed by atoms with Crippen molar-refractivity contribution in [1.29, 1.82) is 0 Å². The second-order valence-corrected chi connectivity index (χ2v) is 7.86. The predicted octanol–water partition coefficient (Wildman–Crippen LogP) is 2.68. The number of carbonyl (C=O) groups excluding carboxylic acids is 3. The maximum atomic E-state index is 12.8. The van der Waals surface area contributed by atoms with Crippen LogP contribution in [0, 0.1) is 0 Å². The summed E-state index contributed by atoms with van der Waals surface area (Å²) in [6, 6.07) is 5.34. The van der Waals surface area contributed by atoms with Gasteiger partial charge in [0.05, 0.1) is 0 Å². The van der Waals surface area contributed by atoms with Gasteiger partial charge in [-0.2, -0.15) is 0 Å². The number of aryl methyl sites for hydroxylation is 1. The van der Waals surface area contributed by atoms with Crippen molar-refractivity contribution in [3.8, 4) is 0 Å². The van der Waals surface area contributed by atoms with Crippen molar-refractivity contribution in [3.05, 3.63) is 34.9 Å². The van der Waals surface area contributed by atoms with Gasteiger partial charge in [0.15, 0.2) is 0 Å². The molecule has 152 valence electrons. The predicted molar refractivity (Wildman–Crippen MR) is 108 cm³/mol. The highest BCUT2D eigenvalue weighted by Crippen LogP contribution is 2.30. The molecule has 0 radical (unpaired) electrons. The largest absolute Gasteiger partial charge is 0.330 e. The summed E-state index contributed by atoms with van der Waals surface area (Å²) in [5.41, 5.74) is 8.50.